The Morgan fingerprint density at radius 2 is 1.92 bits per heavy atom. The van der Waals surface area contributed by atoms with E-state index in [2.05, 4.69) is 10.9 Å². The van der Waals surface area contributed by atoms with Gasteiger partial charge in [0.25, 0.3) is 5.91 Å². The van der Waals surface area contributed by atoms with Gasteiger partial charge in [-0.2, -0.15) is 4.99 Å². The first-order valence-electron chi connectivity index (χ1n) is 7.48. The van der Waals surface area contributed by atoms with E-state index in [9.17, 15) is 4.79 Å². The van der Waals surface area contributed by atoms with Crippen LogP contribution >= 0.6 is 11.3 Å². The monoisotopic (exact) mass is 335 g/mol. The van der Waals surface area contributed by atoms with Crippen LogP contribution in [0.2, 0.25) is 0 Å². The minimum atomic E-state index is -0.266. The van der Waals surface area contributed by atoms with Crippen LogP contribution in [0.4, 0.5) is 5.69 Å². The van der Waals surface area contributed by atoms with E-state index in [4.69, 9.17) is 6.42 Å². The fourth-order valence-corrected chi connectivity index (χ4v) is 3.43. The standard InChI is InChI=1S/C19H17N3OS/c1-4-13-22-16-7-5-6-8-17(16)24-19(22)20-18(23)14-9-11-15(12-10-14)21(2)3/h1,5-12H,13H2,2-3H3. The van der Waals surface area contributed by atoms with Gasteiger partial charge in [-0.05, 0) is 36.4 Å². The lowest BCUT2D eigenvalue weighted by molar-refractivity contribution is 0.0998. The van der Waals surface area contributed by atoms with Gasteiger partial charge in [-0.25, -0.2) is 0 Å². The maximum Gasteiger partial charge on any atom is 0.279 e. The van der Waals surface area contributed by atoms with Crippen LogP contribution in [-0.4, -0.2) is 24.6 Å². The zero-order chi connectivity index (χ0) is 17.1. The third-order valence-corrected chi connectivity index (χ3v) is 4.72. The molecule has 24 heavy (non-hydrogen) atoms. The highest BCUT2D eigenvalue weighted by atomic mass is 32.1. The summed E-state index contributed by atoms with van der Waals surface area (Å²) >= 11 is 1.47. The van der Waals surface area contributed by atoms with Gasteiger partial charge in [-0.15, -0.1) is 6.42 Å². The number of hydrogen-bond acceptors (Lipinski definition) is 3. The van der Waals surface area contributed by atoms with Crippen molar-refractivity contribution < 1.29 is 4.79 Å². The van der Waals surface area contributed by atoms with E-state index in [1.165, 1.54) is 11.3 Å². The maximum absolute atomic E-state index is 12.5. The molecule has 1 amide bonds. The molecule has 0 fully saturated rings. The number of benzene rings is 2. The van der Waals surface area contributed by atoms with Gasteiger partial charge in [0.15, 0.2) is 4.80 Å². The first-order valence-corrected chi connectivity index (χ1v) is 8.30. The molecule has 1 heterocycles. The average molecular weight is 335 g/mol. The number of aromatic nitrogens is 1. The molecule has 0 bridgehead atoms. The number of carbonyl (C=O) groups excluding carboxylic acids is 1. The molecular weight excluding hydrogens is 318 g/mol. The number of para-hydroxylation sites is 1. The first-order chi connectivity index (χ1) is 11.6. The van der Waals surface area contributed by atoms with Crippen molar-refractivity contribution >= 4 is 33.1 Å². The lowest BCUT2D eigenvalue weighted by Gasteiger charge is -2.11. The molecule has 3 rings (SSSR count). The molecule has 0 spiro atoms. The number of nitrogens with zero attached hydrogens (tertiary/aromatic N) is 3. The summed E-state index contributed by atoms with van der Waals surface area (Å²) < 4.78 is 2.95. The van der Waals surface area contributed by atoms with E-state index in [-0.39, 0.29) is 5.91 Å². The molecule has 0 atom stereocenters. The van der Waals surface area contributed by atoms with Gasteiger partial charge < -0.3 is 9.47 Å². The van der Waals surface area contributed by atoms with Crippen LogP contribution in [0.15, 0.2) is 53.5 Å². The fraction of sp³-hybridized carbons (Fsp3) is 0.158. The predicted molar refractivity (Wildman–Crippen MR) is 99.3 cm³/mol. The van der Waals surface area contributed by atoms with Gasteiger partial charge in [0.05, 0.1) is 16.8 Å². The van der Waals surface area contributed by atoms with E-state index in [0.717, 1.165) is 15.9 Å². The zero-order valence-corrected chi connectivity index (χ0v) is 14.4. The normalized spacial score (nSPS) is 11.5. The molecule has 5 heteroatoms. The highest BCUT2D eigenvalue weighted by molar-refractivity contribution is 7.16. The summed E-state index contributed by atoms with van der Waals surface area (Å²) in [7, 11) is 3.92. The Labute approximate surface area is 144 Å². The maximum atomic E-state index is 12.5. The van der Waals surface area contributed by atoms with Crippen LogP contribution in [0.1, 0.15) is 10.4 Å². The molecule has 2 aromatic carbocycles. The minimum absolute atomic E-state index is 0.266. The molecule has 0 aliphatic heterocycles. The molecule has 3 aromatic rings. The zero-order valence-electron chi connectivity index (χ0n) is 13.6. The van der Waals surface area contributed by atoms with Crippen LogP contribution in [0, 0.1) is 12.3 Å². The van der Waals surface area contributed by atoms with Crippen molar-refractivity contribution in [2.24, 2.45) is 4.99 Å². The third kappa shape index (κ3) is 3.10. The summed E-state index contributed by atoms with van der Waals surface area (Å²) in [4.78, 5) is 19.4. The molecule has 4 nitrogen and oxygen atoms in total. The molecule has 120 valence electrons. The van der Waals surface area contributed by atoms with E-state index in [1.807, 2.05) is 60.0 Å². The molecule has 0 saturated carbocycles. The number of thiazole rings is 1. The van der Waals surface area contributed by atoms with Crippen LogP contribution in [0.25, 0.3) is 10.2 Å². The Kier molecular flexibility index (Phi) is 4.50. The molecule has 0 radical (unpaired) electrons. The summed E-state index contributed by atoms with van der Waals surface area (Å²) in [6.45, 7) is 0.385. The predicted octanol–water partition coefficient (Wildman–Crippen LogP) is 3.14. The van der Waals surface area contributed by atoms with E-state index in [0.29, 0.717) is 16.9 Å². The fourth-order valence-electron chi connectivity index (χ4n) is 2.40. The summed E-state index contributed by atoms with van der Waals surface area (Å²) in [5.41, 5.74) is 2.59. The smallest absolute Gasteiger partial charge is 0.279 e. The Bertz CT molecular complexity index is 988. The van der Waals surface area contributed by atoms with Gasteiger partial charge >= 0.3 is 0 Å². The number of anilines is 1. The number of fused-ring (bicyclic) bond motifs is 1. The van der Waals surface area contributed by atoms with Gasteiger partial charge in [-0.1, -0.05) is 29.4 Å². The molecule has 0 saturated heterocycles. The lowest BCUT2D eigenvalue weighted by Crippen LogP contribution is -2.16. The van der Waals surface area contributed by atoms with Crippen LogP contribution in [0.3, 0.4) is 0 Å². The number of hydrogen-bond donors (Lipinski definition) is 0. The summed E-state index contributed by atoms with van der Waals surface area (Å²) in [5, 5.41) is 0. The van der Waals surface area contributed by atoms with Crippen molar-refractivity contribution in [2.45, 2.75) is 6.54 Å². The second kappa shape index (κ2) is 6.73. The van der Waals surface area contributed by atoms with Crippen molar-refractivity contribution in [3.05, 3.63) is 58.9 Å². The van der Waals surface area contributed by atoms with Crippen LogP contribution < -0.4 is 9.70 Å². The molecule has 0 aliphatic carbocycles. The van der Waals surface area contributed by atoms with Gasteiger partial charge in [0.2, 0.25) is 0 Å². The number of rotatable bonds is 3. The molecular formula is C19H17N3OS. The van der Waals surface area contributed by atoms with Crippen molar-refractivity contribution in [1.82, 2.24) is 4.57 Å². The van der Waals surface area contributed by atoms with Crippen molar-refractivity contribution in [2.75, 3.05) is 19.0 Å². The minimum Gasteiger partial charge on any atom is -0.378 e. The quantitative estimate of drug-likeness (QED) is 0.690. The molecule has 1 aromatic heterocycles. The largest absolute Gasteiger partial charge is 0.378 e. The second-order valence-electron chi connectivity index (χ2n) is 5.50. The number of amides is 1. The van der Waals surface area contributed by atoms with Crippen molar-refractivity contribution in [3.8, 4) is 12.3 Å². The van der Waals surface area contributed by atoms with Crippen molar-refractivity contribution in [1.29, 1.82) is 0 Å². The third-order valence-electron chi connectivity index (χ3n) is 3.67. The molecule has 0 aliphatic rings. The second-order valence-corrected chi connectivity index (χ2v) is 6.51. The van der Waals surface area contributed by atoms with E-state index in [1.54, 1.807) is 12.1 Å². The molecule has 0 N–H and O–H groups in total. The summed E-state index contributed by atoms with van der Waals surface area (Å²) in [6.07, 6.45) is 5.47. The highest BCUT2D eigenvalue weighted by Gasteiger charge is 2.08. The van der Waals surface area contributed by atoms with Gasteiger partial charge in [0, 0.05) is 25.3 Å². The van der Waals surface area contributed by atoms with Gasteiger partial charge in [-0.3, -0.25) is 4.79 Å². The Morgan fingerprint density at radius 1 is 1.21 bits per heavy atom. The Morgan fingerprint density at radius 3 is 2.58 bits per heavy atom. The number of terminal acetylenes is 1. The Hall–Kier alpha value is -2.84. The summed E-state index contributed by atoms with van der Waals surface area (Å²) in [6, 6.07) is 15.3. The van der Waals surface area contributed by atoms with Crippen LogP contribution in [-0.2, 0) is 6.54 Å². The lowest BCUT2D eigenvalue weighted by atomic mass is 10.2. The van der Waals surface area contributed by atoms with Gasteiger partial charge in [0.1, 0.15) is 0 Å². The van der Waals surface area contributed by atoms with E-state index < -0.39 is 0 Å². The first kappa shape index (κ1) is 16.0. The molecule has 0 unspecified atom stereocenters. The average Bonchev–Trinajstić information content (AvgIpc) is 2.93. The topological polar surface area (TPSA) is 37.6 Å². The summed E-state index contributed by atoms with van der Waals surface area (Å²) in [5.74, 6) is 2.36. The van der Waals surface area contributed by atoms with E-state index >= 15 is 0 Å². The number of carbonyl (C=O) groups is 1. The highest BCUT2D eigenvalue weighted by Crippen LogP contribution is 2.17. The van der Waals surface area contributed by atoms with Crippen molar-refractivity contribution in [3.63, 3.8) is 0 Å². The SMILES string of the molecule is C#CCn1c(=NC(=O)c2ccc(N(C)C)cc2)sc2ccccc21. The Balaban J connectivity index is 2.04. The van der Waals surface area contributed by atoms with Crippen LogP contribution in [0.5, 0.6) is 0 Å².